The van der Waals surface area contributed by atoms with Crippen molar-refractivity contribution in [3.63, 3.8) is 0 Å². The van der Waals surface area contributed by atoms with Crippen molar-refractivity contribution >= 4 is 23.4 Å². The van der Waals surface area contributed by atoms with Crippen LogP contribution in [0.4, 0.5) is 48.3 Å². The van der Waals surface area contributed by atoms with Gasteiger partial charge in [0.25, 0.3) is 6.17 Å². The van der Waals surface area contributed by atoms with Crippen molar-refractivity contribution in [2.75, 3.05) is 5.75 Å². The third-order valence-corrected chi connectivity index (χ3v) is 5.31. The molecule has 178 valence electrons. The Hall–Kier alpha value is -1.89. The summed E-state index contributed by atoms with van der Waals surface area (Å²) in [6.45, 7) is 1.26. The van der Waals surface area contributed by atoms with Crippen LogP contribution in [0.5, 0.6) is 5.75 Å². The third-order valence-electron chi connectivity index (χ3n) is 3.80. The Bertz CT molecular complexity index is 988. The zero-order valence-electron chi connectivity index (χ0n) is 15.4. The molecule has 14 heteroatoms. The molecule has 32 heavy (non-hydrogen) atoms. The van der Waals surface area contributed by atoms with E-state index in [1.807, 2.05) is 0 Å². The summed E-state index contributed by atoms with van der Waals surface area (Å²) in [7, 11) is 0. The van der Waals surface area contributed by atoms with E-state index >= 15 is 0 Å². The number of aryl methyl sites for hydroxylation is 1. The van der Waals surface area contributed by atoms with Crippen LogP contribution in [0.15, 0.2) is 29.2 Å². The normalized spacial score (nSPS) is 13.9. The molecular formula is C18H10ClF11OS. The van der Waals surface area contributed by atoms with Crippen LogP contribution in [0, 0.1) is 18.6 Å². The first-order valence-corrected chi connectivity index (χ1v) is 9.55. The second kappa shape index (κ2) is 9.16. The predicted octanol–water partition coefficient (Wildman–Crippen LogP) is 8.12. The van der Waals surface area contributed by atoms with E-state index in [0.29, 0.717) is 12.1 Å². The summed E-state index contributed by atoms with van der Waals surface area (Å²) in [6.07, 6.45) is -20.8. The van der Waals surface area contributed by atoms with Crippen molar-refractivity contribution in [3.05, 3.63) is 46.5 Å². The van der Waals surface area contributed by atoms with E-state index in [1.54, 1.807) is 0 Å². The average Bonchev–Trinajstić information content (AvgIpc) is 2.61. The molecule has 0 aromatic heterocycles. The molecular weight excluding hydrogens is 509 g/mol. The van der Waals surface area contributed by atoms with Gasteiger partial charge in [-0.2, -0.15) is 35.1 Å². The Morgan fingerprint density at radius 2 is 1.44 bits per heavy atom. The maximum absolute atomic E-state index is 14.4. The quantitative estimate of drug-likeness (QED) is 0.282. The number of ether oxygens (including phenoxy) is 1. The minimum atomic E-state index is -6.01. The van der Waals surface area contributed by atoms with Crippen LogP contribution in [0.3, 0.4) is 0 Å². The van der Waals surface area contributed by atoms with Crippen LogP contribution < -0.4 is 4.74 Å². The van der Waals surface area contributed by atoms with E-state index in [4.69, 9.17) is 11.6 Å². The van der Waals surface area contributed by atoms with Crippen molar-refractivity contribution in [1.82, 2.24) is 0 Å². The van der Waals surface area contributed by atoms with Crippen LogP contribution in [0.1, 0.15) is 5.56 Å². The Morgan fingerprint density at radius 1 is 0.906 bits per heavy atom. The largest absolute Gasteiger partial charge is 0.439 e. The van der Waals surface area contributed by atoms with Gasteiger partial charge in [-0.3, -0.25) is 0 Å². The van der Waals surface area contributed by atoms with Gasteiger partial charge < -0.3 is 4.74 Å². The molecule has 0 saturated carbocycles. The van der Waals surface area contributed by atoms with E-state index < -0.39 is 63.9 Å². The maximum Gasteiger partial charge on any atom is 0.439 e. The molecule has 0 aliphatic carbocycles. The molecule has 0 radical (unpaired) electrons. The molecule has 0 saturated heterocycles. The van der Waals surface area contributed by atoms with E-state index in [0.717, 1.165) is 12.1 Å². The van der Waals surface area contributed by atoms with Gasteiger partial charge in [0.15, 0.2) is 0 Å². The topological polar surface area (TPSA) is 9.23 Å². The van der Waals surface area contributed by atoms with Gasteiger partial charge in [-0.25, -0.2) is 13.2 Å². The van der Waals surface area contributed by atoms with Gasteiger partial charge in [-0.1, -0.05) is 11.6 Å². The standard InChI is InChI=1S/C18H10ClF11OS/c1-7-2-11(20)9(4-14(7)32-6-16(23,24)25)8-3-13(10(19)5-12(8)21)31-18(29,30)15(22)17(26,27)28/h2-5,15H,6H2,1H3. The van der Waals surface area contributed by atoms with Crippen molar-refractivity contribution in [3.8, 4) is 16.9 Å². The Labute approximate surface area is 182 Å². The summed E-state index contributed by atoms with van der Waals surface area (Å²) in [4.78, 5) is -0.137. The number of thioether (sulfide) groups is 1. The van der Waals surface area contributed by atoms with Gasteiger partial charge in [0.05, 0.1) is 10.8 Å². The number of alkyl halides is 9. The minimum Gasteiger partial charge on any atom is -0.429 e. The van der Waals surface area contributed by atoms with Crippen molar-refractivity contribution in [1.29, 1.82) is 0 Å². The van der Waals surface area contributed by atoms with Crippen molar-refractivity contribution in [2.45, 2.75) is 36.5 Å². The summed E-state index contributed by atoms with van der Waals surface area (Å²) in [5.74, 6) is -5.23. The highest BCUT2D eigenvalue weighted by Gasteiger charge is 2.59. The van der Waals surface area contributed by atoms with E-state index in [1.165, 1.54) is 6.92 Å². The van der Waals surface area contributed by atoms with E-state index in [-0.39, 0.29) is 22.2 Å². The summed E-state index contributed by atoms with van der Waals surface area (Å²) in [6, 6.07) is 2.13. The summed E-state index contributed by atoms with van der Waals surface area (Å²) < 4.78 is 147. The van der Waals surface area contributed by atoms with Crippen molar-refractivity contribution < 1.29 is 53.0 Å². The zero-order valence-corrected chi connectivity index (χ0v) is 17.0. The molecule has 0 N–H and O–H groups in total. The number of benzene rings is 2. The van der Waals surface area contributed by atoms with Crippen LogP contribution >= 0.6 is 23.4 Å². The lowest BCUT2D eigenvalue weighted by atomic mass is 10.0. The lowest BCUT2D eigenvalue weighted by molar-refractivity contribution is -0.304. The monoisotopic (exact) mass is 518 g/mol. The molecule has 0 aliphatic heterocycles. The molecule has 1 atom stereocenters. The number of rotatable bonds is 6. The van der Waals surface area contributed by atoms with Gasteiger partial charge in [0.1, 0.15) is 17.4 Å². The molecule has 2 aromatic rings. The molecule has 2 aromatic carbocycles. The molecule has 1 nitrogen and oxygen atoms in total. The lowest BCUT2D eigenvalue weighted by Gasteiger charge is -2.24. The Balaban J connectivity index is 2.51. The smallest absolute Gasteiger partial charge is 0.429 e. The highest BCUT2D eigenvalue weighted by atomic mass is 35.5. The fourth-order valence-electron chi connectivity index (χ4n) is 2.38. The lowest BCUT2D eigenvalue weighted by Crippen LogP contribution is -2.45. The molecule has 0 bridgehead atoms. The summed E-state index contributed by atoms with van der Waals surface area (Å²) >= 11 is 5.72. The minimum absolute atomic E-state index is 0.0447. The van der Waals surface area contributed by atoms with Crippen LogP contribution in [0.25, 0.3) is 11.1 Å². The molecule has 0 amide bonds. The Kier molecular flexibility index (Phi) is 7.55. The SMILES string of the molecule is Cc1cc(F)c(-c2cc(OC(F)(F)C(F)C(F)(F)F)c(Cl)cc2F)cc1SCC(F)(F)F. The molecule has 1 unspecified atom stereocenters. The summed E-state index contributed by atoms with van der Waals surface area (Å²) in [5, 5.41) is -0.987. The number of hydrogen-bond acceptors (Lipinski definition) is 2. The zero-order chi connectivity index (χ0) is 24.6. The predicted molar refractivity (Wildman–Crippen MR) is 94.8 cm³/mol. The number of halogens is 12. The molecule has 0 fully saturated rings. The van der Waals surface area contributed by atoms with Crippen LogP contribution in [-0.2, 0) is 0 Å². The average molecular weight is 519 g/mol. The fraction of sp³-hybridized carbons (Fsp3) is 0.333. The second-order valence-corrected chi connectivity index (χ2v) is 7.76. The first-order valence-electron chi connectivity index (χ1n) is 8.19. The van der Waals surface area contributed by atoms with Gasteiger partial charge >= 0.3 is 18.5 Å². The molecule has 2 rings (SSSR count). The first-order chi connectivity index (χ1) is 14.4. The molecule has 0 heterocycles. The fourth-order valence-corrected chi connectivity index (χ4v) is 3.37. The van der Waals surface area contributed by atoms with E-state index in [9.17, 15) is 48.3 Å². The molecule has 0 spiro atoms. The maximum atomic E-state index is 14.4. The van der Waals surface area contributed by atoms with Crippen LogP contribution in [-0.4, -0.2) is 30.4 Å². The number of hydrogen-bond donors (Lipinski definition) is 0. The van der Waals surface area contributed by atoms with Gasteiger partial charge in [-0.15, -0.1) is 11.8 Å². The van der Waals surface area contributed by atoms with Gasteiger partial charge in [0, 0.05) is 16.0 Å². The van der Waals surface area contributed by atoms with Crippen molar-refractivity contribution in [2.24, 2.45) is 0 Å². The van der Waals surface area contributed by atoms with Crippen LogP contribution in [0.2, 0.25) is 5.02 Å². The highest BCUT2D eigenvalue weighted by Crippen LogP contribution is 2.42. The highest BCUT2D eigenvalue weighted by molar-refractivity contribution is 7.99. The molecule has 0 aliphatic rings. The second-order valence-electron chi connectivity index (χ2n) is 6.33. The van der Waals surface area contributed by atoms with E-state index in [2.05, 4.69) is 4.74 Å². The summed E-state index contributed by atoms with van der Waals surface area (Å²) in [5.41, 5.74) is -1.53. The Morgan fingerprint density at radius 3 is 1.97 bits per heavy atom. The van der Waals surface area contributed by atoms with Gasteiger partial charge in [0.2, 0.25) is 0 Å². The van der Waals surface area contributed by atoms with Gasteiger partial charge in [-0.05, 0) is 36.8 Å². The first kappa shape index (κ1) is 26.4. The third kappa shape index (κ3) is 6.33.